The minimum Gasteiger partial charge on any atom is -0.377 e. The molecule has 1 fully saturated rings. The molecule has 1 aliphatic rings. The van der Waals surface area contributed by atoms with Gasteiger partial charge in [-0.15, -0.1) is 0 Å². The van der Waals surface area contributed by atoms with E-state index in [-0.39, 0.29) is 18.2 Å². The van der Waals surface area contributed by atoms with Crippen LogP contribution in [0.1, 0.15) is 81.5 Å². The highest BCUT2D eigenvalue weighted by Gasteiger charge is 2.34. The Morgan fingerprint density at radius 1 is 0.920 bits per heavy atom. The van der Waals surface area contributed by atoms with Crippen LogP contribution in [0.15, 0.2) is 102 Å². The van der Waals surface area contributed by atoms with Gasteiger partial charge < -0.3 is 15.5 Å². The zero-order valence-electron chi connectivity index (χ0n) is 29.6. The van der Waals surface area contributed by atoms with Gasteiger partial charge in [0.1, 0.15) is 5.71 Å². The number of carbonyl (C=O) groups is 1. The van der Waals surface area contributed by atoms with Crippen molar-refractivity contribution in [2.24, 2.45) is 10.9 Å². The Hall–Kier alpha value is -4.43. The number of nitrogens with zero attached hydrogens (tertiary/aromatic N) is 2. The number of amides is 1. The number of halogens is 3. The summed E-state index contributed by atoms with van der Waals surface area (Å²) in [5, 5.41) is 8.96. The van der Waals surface area contributed by atoms with Crippen LogP contribution in [0.5, 0.6) is 0 Å². The molecular formula is C42H49F3N4O. The molecule has 0 aromatic heterocycles. The number of unbranched alkanes of at least 4 members (excludes halogenated alkanes) is 2. The molecule has 5 nitrogen and oxygen atoms in total. The SMILES string of the molecule is CCCC/C(=C\C(=Nc1cccc(CCCC)c1)C(=O)Nc1cccc(C(NCC2CC2)c2ccc(N(C)C)c3ccccc23)c1)C(F)(F)F. The van der Waals surface area contributed by atoms with Gasteiger partial charge in [-0.3, -0.25) is 4.79 Å². The van der Waals surface area contributed by atoms with Crippen LogP contribution in [0.4, 0.5) is 30.2 Å². The fourth-order valence-electron chi connectivity index (χ4n) is 6.23. The van der Waals surface area contributed by atoms with Gasteiger partial charge in [-0.2, -0.15) is 13.2 Å². The second-order valence-corrected chi connectivity index (χ2v) is 13.5. The highest BCUT2D eigenvalue weighted by Crippen LogP contribution is 2.36. The van der Waals surface area contributed by atoms with Crippen LogP contribution in [-0.4, -0.2) is 38.4 Å². The third kappa shape index (κ3) is 9.84. The normalized spacial score (nSPS) is 14.5. The smallest absolute Gasteiger partial charge is 0.377 e. The van der Waals surface area contributed by atoms with Gasteiger partial charge in [-0.25, -0.2) is 4.99 Å². The predicted molar refractivity (Wildman–Crippen MR) is 202 cm³/mol. The van der Waals surface area contributed by atoms with Gasteiger partial charge in [-0.1, -0.05) is 81.3 Å². The molecule has 4 aromatic rings. The number of hydrogen-bond donors (Lipinski definition) is 2. The van der Waals surface area contributed by atoms with Crippen LogP contribution in [0, 0.1) is 5.92 Å². The largest absolute Gasteiger partial charge is 0.412 e. The van der Waals surface area contributed by atoms with Gasteiger partial charge in [0.15, 0.2) is 0 Å². The van der Waals surface area contributed by atoms with Crippen LogP contribution >= 0.6 is 0 Å². The molecule has 0 aliphatic heterocycles. The van der Waals surface area contributed by atoms with Crippen molar-refractivity contribution >= 4 is 39.5 Å². The van der Waals surface area contributed by atoms with E-state index in [1.807, 2.05) is 69.6 Å². The van der Waals surface area contributed by atoms with E-state index in [1.165, 1.54) is 12.8 Å². The lowest BCUT2D eigenvalue weighted by Gasteiger charge is -2.24. The summed E-state index contributed by atoms with van der Waals surface area (Å²) in [4.78, 5) is 20.5. The van der Waals surface area contributed by atoms with Crippen LogP contribution in [0.3, 0.4) is 0 Å². The fourth-order valence-corrected chi connectivity index (χ4v) is 6.23. The Morgan fingerprint density at radius 2 is 1.66 bits per heavy atom. The molecule has 0 radical (unpaired) electrons. The molecule has 1 unspecified atom stereocenters. The number of fused-ring (bicyclic) bond motifs is 1. The van der Waals surface area contributed by atoms with Gasteiger partial charge >= 0.3 is 6.18 Å². The number of allylic oxidation sites excluding steroid dienone is 1. The van der Waals surface area contributed by atoms with Crippen molar-refractivity contribution in [3.05, 3.63) is 113 Å². The Bertz CT molecular complexity index is 1820. The van der Waals surface area contributed by atoms with Crippen LogP contribution < -0.4 is 15.5 Å². The minimum atomic E-state index is -4.58. The first-order valence-corrected chi connectivity index (χ1v) is 17.9. The van der Waals surface area contributed by atoms with Gasteiger partial charge in [0.25, 0.3) is 5.91 Å². The molecule has 0 heterocycles. The molecule has 1 amide bonds. The summed E-state index contributed by atoms with van der Waals surface area (Å²) in [6.45, 7) is 4.81. The third-order valence-corrected chi connectivity index (χ3v) is 9.20. The molecule has 1 saturated carbocycles. The topological polar surface area (TPSA) is 56.7 Å². The van der Waals surface area contributed by atoms with Crippen molar-refractivity contribution in [1.82, 2.24) is 5.32 Å². The maximum absolute atomic E-state index is 14.2. The van der Waals surface area contributed by atoms with E-state index < -0.39 is 17.7 Å². The number of benzene rings is 4. The third-order valence-electron chi connectivity index (χ3n) is 9.20. The average Bonchev–Trinajstić information content (AvgIpc) is 3.93. The van der Waals surface area contributed by atoms with Gasteiger partial charge in [-0.05, 0) is 109 Å². The first-order valence-electron chi connectivity index (χ1n) is 17.9. The maximum atomic E-state index is 14.2. The number of rotatable bonds is 16. The van der Waals surface area contributed by atoms with E-state index in [9.17, 15) is 18.0 Å². The minimum absolute atomic E-state index is 0.168. The highest BCUT2D eigenvalue weighted by atomic mass is 19.4. The number of anilines is 2. The Labute approximate surface area is 294 Å². The van der Waals surface area contributed by atoms with E-state index in [0.29, 0.717) is 30.1 Å². The number of hydrogen-bond acceptors (Lipinski definition) is 4. The fraction of sp³-hybridized carbons (Fsp3) is 0.381. The Balaban J connectivity index is 1.51. The van der Waals surface area contributed by atoms with Crippen molar-refractivity contribution in [3.8, 4) is 0 Å². The molecular weight excluding hydrogens is 633 g/mol. The quantitative estimate of drug-likeness (QED) is 0.116. The van der Waals surface area contributed by atoms with Crippen LogP contribution in [0.25, 0.3) is 10.8 Å². The summed E-state index contributed by atoms with van der Waals surface area (Å²) in [5.41, 5.74) is 4.11. The van der Waals surface area contributed by atoms with Crippen molar-refractivity contribution in [2.75, 3.05) is 30.9 Å². The van der Waals surface area contributed by atoms with Crippen molar-refractivity contribution in [3.63, 3.8) is 0 Å². The number of carbonyl (C=O) groups excluding carboxylic acids is 1. The van der Waals surface area contributed by atoms with E-state index in [4.69, 9.17) is 0 Å². The molecule has 8 heteroatoms. The van der Waals surface area contributed by atoms with Crippen molar-refractivity contribution in [1.29, 1.82) is 0 Å². The average molecular weight is 683 g/mol. The standard InChI is InChI=1S/C42H49F3N4O/c1-5-7-13-29-14-11-17-33(25-29)47-38(27-32(16-8-6-2)42(43,44)45)41(50)48-34-18-12-15-31(26-34)40(46-28-30-21-22-30)37-23-24-39(49(3)4)36-20-10-9-19-35(36)37/h9-12,14-15,17-20,23-27,30,40,46H,5-8,13,16,21-22,28H2,1-4H3,(H,48,50)/b32-27+,47-38?. The first kappa shape index (κ1) is 36.8. The second kappa shape index (κ2) is 17.0. The molecule has 1 atom stereocenters. The number of aliphatic imine (C=N–C) groups is 1. The highest BCUT2D eigenvalue weighted by molar-refractivity contribution is 6.47. The lowest BCUT2D eigenvalue weighted by Crippen LogP contribution is -2.26. The molecule has 1 aliphatic carbocycles. The second-order valence-electron chi connectivity index (χ2n) is 13.5. The zero-order valence-corrected chi connectivity index (χ0v) is 29.6. The summed E-state index contributed by atoms with van der Waals surface area (Å²) in [7, 11) is 4.07. The molecule has 4 aromatic carbocycles. The summed E-state index contributed by atoms with van der Waals surface area (Å²) in [6.07, 6.45) is 2.34. The molecule has 0 spiro atoms. The Morgan fingerprint density at radius 3 is 2.36 bits per heavy atom. The van der Waals surface area contributed by atoms with Crippen LogP contribution in [0.2, 0.25) is 0 Å². The molecule has 0 saturated heterocycles. The molecule has 50 heavy (non-hydrogen) atoms. The van der Waals surface area contributed by atoms with Crippen molar-refractivity contribution < 1.29 is 18.0 Å². The van der Waals surface area contributed by atoms with E-state index in [2.05, 4.69) is 51.7 Å². The van der Waals surface area contributed by atoms with Gasteiger partial charge in [0.05, 0.1) is 11.7 Å². The predicted octanol–water partition coefficient (Wildman–Crippen LogP) is 10.7. The monoisotopic (exact) mass is 682 g/mol. The van der Waals surface area contributed by atoms with Crippen molar-refractivity contribution in [2.45, 2.75) is 77.4 Å². The lowest BCUT2D eigenvalue weighted by molar-refractivity contribution is -0.110. The number of aryl methyl sites for hydroxylation is 1. The van der Waals surface area contributed by atoms with E-state index in [0.717, 1.165) is 65.0 Å². The maximum Gasteiger partial charge on any atom is 0.412 e. The number of nitrogens with one attached hydrogen (secondary N) is 2. The van der Waals surface area contributed by atoms with E-state index in [1.54, 1.807) is 12.1 Å². The van der Waals surface area contributed by atoms with Gasteiger partial charge in [0, 0.05) is 36.4 Å². The Kier molecular flexibility index (Phi) is 12.5. The van der Waals surface area contributed by atoms with Gasteiger partial charge in [0.2, 0.25) is 0 Å². The zero-order chi connectivity index (χ0) is 35.7. The summed E-state index contributed by atoms with van der Waals surface area (Å²) in [6, 6.07) is 27.4. The molecule has 5 rings (SSSR count). The lowest BCUT2D eigenvalue weighted by atomic mass is 9.92. The molecule has 264 valence electrons. The first-order chi connectivity index (χ1) is 24.1. The summed E-state index contributed by atoms with van der Waals surface area (Å²) < 4.78 is 42.6. The number of alkyl halides is 3. The summed E-state index contributed by atoms with van der Waals surface area (Å²) in [5.74, 6) is -0.0584. The summed E-state index contributed by atoms with van der Waals surface area (Å²) >= 11 is 0. The molecule has 0 bridgehead atoms. The van der Waals surface area contributed by atoms with Crippen LogP contribution in [-0.2, 0) is 11.2 Å². The molecule has 2 N–H and O–H groups in total. The van der Waals surface area contributed by atoms with E-state index >= 15 is 0 Å².